The number of carbonyl (C=O) groups is 1. The average Bonchev–Trinajstić information content (AvgIpc) is 3.50. The Morgan fingerprint density at radius 3 is 2.71 bits per heavy atom. The van der Waals surface area contributed by atoms with Crippen LogP contribution in [0.2, 0.25) is 5.02 Å². The number of hydrogen-bond acceptors (Lipinski definition) is 7. The molecule has 4 aromatic rings. The van der Waals surface area contributed by atoms with Gasteiger partial charge in [0.05, 0.1) is 24.1 Å². The zero-order valence-electron chi connectivity index (χ0n) is 20.4. The van der Waals surface area contributed by atoms with Crippen molar-refractivity contribution in [1.82, 2.24) is 4.90 Å². The Balaban J connectivity index is 1.51. The Hall–Kier alpha value is -4.43. The van der Waals surface area contributed by atoms with Crippen molar-refractivity contribution >= 4 is 28.5 Å². The Morgan fingerprint density at radius 2 is 1.89 bits per heavy atom. The Bertz CT molecular complexity index is 1660. The number of nitrogens with zero attached hydrogens (tertiary/aromatic N) is 1. The van der Waals surface area contributed by atoms with E-state index in [0.717, 1.165) is 5.56 Å². The van der Waals surface area contributed by atoms with Gasteiger partial charge >= 0.3 is 0 Å². The van der Waals surface area contributed by atoms with Crippen LogP contribution >= 0.6 is 11.6 Å². The molecule has 0 fully saturated rings. The van der Waals surface area contributed by atoms with Gasteiger partial charge in [0.1, 0.15) is 12.2 Å². The van der Waals surface area contributed by atoms with E-state index in [4.69, 9.17) is 35.0 Å². The molecule has 0 aliphatic carbocycles. The number of carbonyl (C=O) groups excluding carboxylic acids is 1. The highest BCUT2D eigenvalue weighted by Gasteiger charge is 2.43. The molecule has 0 radical (unpaired) electrons. The number of halogens is 1. The molecule has 0 saturated heterocycles. The highest BCUT2D eigenvalue weighted by molar-refractivity contribution is 6.31. The molecule has 0 saturated carbocycles. The first-order chi connectivity index (χ1) is 18.5. The summed E-state index contributed by atoms with van der Waals surface area (Å²) in [6, 6.07) is 14.8. The summed E-state index contributed by atoms with van der Waals surface area (Å²) in [4.78, 5) is 29.2. The summed E-state index contributed by atoms with van der Waals surface area (Å²) in [7, 11) is 1.53. The maximum absolute atomic E-state index is 13.8. The van der Waals surface area contributed by atoms with Gasteiger partial charge in [-0.2, -0.15) is 0 Å². The van der Waals surface area contributed by atoms with Crippen LogP contribution in [-0.4, -0.2) is 31.3 Å². The van der Waals surface area contributed by atoms with Crippen molar-refractivity contribution in [3.05, 3.63) is 105 Å². The molecule has 1 atom stereocenters. The second kappa shape index (κ2) is 9.46. The van der Waals surface area contributed by atoms with Gasteiger partial charge in [0.25, 0.3) is 5.91 Å². The maximum atomic E-state index is 13.8. The quantitative estimate of drug-likeness (QED) is 0.291. The van der Waals surface area contributed by atoms with E-state index in [9.17, 15) is 9.59 Å². The van der Waals surface area contributed by atoms with E-state index in [-0.39, 0.29) is 30.1 Å². The van der Waals surface area contributed by atoms with Gasteiger partial charge in [-0.1, -0.05) is 36.4 Å². The third-order valence-corrected chi connectivity index (χ3v) is 6.81. The molecule has 9 heteroatoms. The first kappa shape index (κ1) is 23.9. The highest BCUT2D eigenvalue weighted by Crippen LogP contribution is 2.42. The normalized spacial score (nSPS) is 15.6. The summed E-state index contributed by atoms with van der Waals surface area (Å²) in [5.41, 5.74) is 1.68. The van der Waals surface area contributed by atoms with Crippen LogP contribution in [0.3, 0.4) is 0 Å². The maximum Gasteiger partial charge on any atom is 0.291 e. The van der Waals surface area contributed by atoms with Gasteiger partial charge in [0.2, 0.25) is 12.6 Å². The second-order valence-electron chi connectivity index (χ2n) is 8.85. The van der Waals surface area contributed by atoms with Gasteiger partial charge in [0, 0.05) is 11.6 Å². The first-order valence-electron chi connectivity index (χ1n) is 11.9. The SMILES string of the molecule is C=CCOc1ccc(C2c3c(oc4ccc(Cl)cc4c3=O)C(=O)N2Cc2ccc3c(c2)OCO3)cc1OC. The minimum atomic E-state index is -0.745. The van der Waals surface area contributed by atoms with Gasteiger partial charge in [0.15, 0.2) is 28.4 Å². The summed E-state index contributed by atoms with van der Waals surface area (Å²) >= 11 is 6.19. The summed E-state index contributed by atoms with van der Waals surface area (Å²) < 4.78 is 28.2. The standard InChI is InChI=1S/C29H22ClNO7/c1-3-10-35-21-8-5-17(12-23(21)34-2)26-25-27(32)19-13-18(30)6-9-20(19)38-28(25)29(33)31(26)14-16-4-7-22-24(11-16)37-15-36-22/h3-9,11-13,26H,1,10,14-15H2,2H3. The van der Waals surface area contributed by atoms with Gasteiger partial charge in [-0.15, -0.1) is 0 Å². The Kier molecular flexibility index (Phi) is 5.96. The molecule has 0 N–H and O–H groups in total. The fraction of sp³-hybridized carbons (Fsp3) is 0.172. The minimum Gasteiger partial charge on any atom is -0.493 e. The van der Waals surface area contributed by atoms with Crippen LogP contribution < -0.4 is 24.4 Å². The van der Waals surface area contributed by atoms with E-state index in [2.05, 4.69) is 6.58 Å². The zero-order valence-corrected chi connectivity index (χ0v) is 21.1. The van der Waals surface area contributed by atoms with Crippen molar-refractivity contribution in [2.45, 2.75) is 12.6 Å². The number of fused-ring (bicyclic) bond motifs is 3. The van der Waals surface area contributed by atoms with Crippen LogP contribution in [0.4, 0.5) is 0 Å². The van der Waals surface area contributed by atoms with Crippen molar-refractivity contribution in [1.29, 1.82) is 0 Å². The summed E-state index contributed by atoms with van der Waals surface area (Å²) in [5, 5.41) is 0.699. The van der Waals surface area contributed by atoms with Gasteiger partial charge < -0.3 is 28.3 Å². The zero-order chi connectivity index (χ0) is 26.4. The molecule has 2 aliphatic heterocycles. The Labute approximate surface area is 222 Å². The van der Waals surface area contributed by atoms with Crippen molar-refractivity contribution in [2.75, 3.05) is 20.5 Å². The van der Waals surface area contributed by atoms with E-state index in [1.54, 1.807) is 47.4 Å². The average molecular weight is 532 g/mol. The van der Waals surface area contributed by atoms with Crippen molar-refractivity contribution in [3.8, 4) is 23.0 Å². The smallest absolute Gasteiger partial charge is 0.291 e. The third-order valence-electron chi connectivity index (χ3n) is 6.58. The monoisotopic (exact) mass is 531 g/mol. The molecule has 3 aromatic carbocycles. The summed E-state index contributed by atoms with van der Waals surface area (Å²) in [5.74, 6) is 1.82. The largest absolute Gasteiger partial charge is 0.493 e. The number of ether oxygens (including phenoxy) is 4. The molecular weight excluding hydrogens is 510 g/mol. The molecule has 3 heterocycles. The molecule has 1 aromatic heterocycles. The molecule has 0 spiro atoms. The fourth-order valence-electron chi connectivity index (χ4n) is 4.86. The summed E-state index contributed by atoms with van der Waals surface area (Å²) in [6.45, 7) is 4.31. The molecule has 38 heavy (non-hydrogen) atoms. The fourth-order valence-corrected chi connectivity index (χ4v) is 5.03. The molecule has 1 amide bonds. The molecule has 6 rings (SSSR count). The molecule has 1 unspecified atom stereocenters. The van der Waals surface area contributed by atoms with Crippen LogP contribution in [0.25, 0.3) is 11.0 Å². The molecule has 8 nitrogen and oxygen atoms in total. The van der Waals surface area contributed by atoms with E-state index in [0.29, 0.717) is 51.2 Å². The van der Waals surface area contributed by atoms with Crippen LogP contribution in [-0.2, 0) is 6.54 Å². The van der Waals surface area contributed by atoms with Crippen molar-refractivity contribution in [3.63, 3.8) is 0 Å². The molecule has 0 bridgehead atoms. The topological polar surface area (TPSA) is 87.4 Å². The van der Waals surface area contributed by atoms with Crippen molar-refractivity contribution < 1.29 is 28.2 Å². The first-order valence-corrected chi connectivity index (χ1v) is 12.2. The number of amides is 1. The van der Waals surface area contributed by atoms with Crippen LogP contribution in [0.5, 0.6) is 23.0 Å². The molecule has 192 valence electrons. The Morgan fingerprint density at radius 1 is 1.05 bits per heavy atom. The third kappa shape index (κ3) is 3.94. The van der Waals surface area contributed by atoms with E-state index < -0.39 is 11.9 Å². The van der Waals surface area contributed by atoms with E-state index in [1.807, 2.05) is 18.2 Å². The predicted octanol–water partition coefficient (Wildman–Crippen LogP) is 5.49. The van der Waals surface area contributed by atoms with Crippen molar-refractivity contribution in [2.24, 2.45) is 0 Å². The van der Waals surface area contributed by atoms with E-state index in [1.165, 1.54) is 7.11 Å². The lowest BCUT2D eigenvalue weighted by molar-refractivity contribution is 0.0714. The molecule has 2 aliphatic rings. The van der Waals surface area contributed by atoms with Gasteiger partial charge in [-0.25, -0.2) is 0 Å². The highest BCUT2D eigenvalue weighted by atomic mass is 35.5. The van der Waals surface area contributed by atoms with Gasteiger partial charge in [-0.3, -0.25) is 9.59 Å². The number of benzene rings is 3. The predicted molar refractivity (Wildman–Crippen MR) is 140 cm³/mol. The van der Waals surface area contributed by atoms with E-state index >= 15 is 0 Å². The van der Waals surface area contributed by atoms with Crippen LogP contribution in [0.15, 0.2) is 76.5 Å². The minimum absolute atomic E-state index is 0.00140. The lowest BCUT2D eigenvalue weighted by Gasteiger charge is -2.26. The number of hydrogen-bond donors (Lipinski definition) is 0. The lowest BCUT2D eigenvalue weighted by Crippen LogP contribution is -2.29. The number of methoxy groups -OCH3 is 1. The van der Waals surface area contributed by atoms with Gasteiger partial charge in [-0.05, 0) is 53.6 Å². The lowest BCUT2D eigenvalue weighted by atomic mass is 9.97. The molecular formula is C29H22ClNO7. The van der Waals surface area contributed by atoms with Crippen LogP contribution in [0, 0.1) is 0 Å². The van der Waals surface area contributed by atoms with Crippen LogP contribution in [0.1, 0.15) is 33.3 Å². The second-order valence-corrected chi connectivity index (χ2v) is 9.28. The number of rotatable bonds is 7. The summed E-state index contributed by atoms with van der Waals surface area (Å²) in [6.07, 6.45) is 1.63.